The molecule has 3 rings (SSSR count). The number of aliphatic imine (C=N–C) groups is 1. The number of methoxy groups -OCH3 is 2. The molecule has 0 amide bonds. The average Bonchev–Trinajstić information content (AvgIpc) is 2.83. The molecule has 0 aliphatic heterocycles. The van der Waals surface area contributed by atoms with Gasteiger partial charge in [-0.2, -0.15) is 0 Å². The van der Waals surface area contributed by atoms with Crippen LogP contribution in [0.25, 0.3) is 11.3 Å². The SMILES string of the molecule is CCNC(=NCc1cccc(-c2ccccn2)c1)NCCc1ccc(OC)c(OC)c1. The van der Waals surface area contributed by atoms with Crippen molar-refractivity contribution in [1.82, 2.24) is 15.6 Å². The van der Waals surface area contributed by atoms with Crippen LogP contribution in [0.1, 0.15) is 18.1 Å². The van der Waals surface area contributed by atoms with Gasteiger partial charge in [0.1, 0.15) is 0 Å². The van der Waals surface area contributed by atoms with E-state index in [1.165, 1.54) is 5.56 Å². The number of rotatable bonds is 9. The average molecular weight is 419 g/mol. The molecule has 162 valence electrons. The summed E-state index contributed by atoms with van der Waals surface area (Å²) in [4.78, 5) is 9.17. The maximum atomic E-state index is 5.39. The first kappa shape index (κ1) is 22.2. The summed E-state index contributed by atoms with van der Waals surface area (Å²) in [5.41, 5.74) is 4.37. The van der Waals surface area contributed by atoms with Crippen molar-refractivity contribution in [2.45, 2.75) is 19.9 Å². The van der Waals surface area contributed by atoms with Crippen molar-refractivity contribution >= 4 is 5.96 Å². The Kier molecular flexibility index (Phi) is 8.29. The van der Waals surface area contributed by atoms with Gasteiger partial charge in [-0.15, -0.1) is 0 Å². The van der Waals surface area contributed by atoms with Crippen LogP contribution < -0.4 is 20.1 Å². The van der Waals surface area contributed by atoms with Gasteiger partial charge in [-0.25, -0.2) is 4.99 Å². The fourth-order valence-electron chi connectivity index (χ4n) is 3.24. The van der Waals surface area contributed by atoms with E-state index >= 15 is 0 Å². The first-order chi connectivity index (χ1) is 15.2. The number of guanidine groups is 1. The Morgan fingerprint density at radius 1 is 0.903 bits per heavy atom. The second kappa shape index (κ2) is 11.6. The Balaban J connectivity index is 1.61. The lowest BCUT2D eigenvalue weighted by atomic mass is 10.1. The van der Waals surface area contributed by atoms with Crippen LogP contribution in [0.5, 0.6) is 11.5 Å². The zero-order valence-electron chi connectivity index (χ0n) is 18.4. The molecule has 0 radical (unpaired) electrons. The van der Waals surface area contributed by atoms with E-state index in [4.69, 9.17) is 14.5 Å². The van der Waals surface area contributed by atoms with Crippen LogP contribution in [0.4, 0.5) is 0 Å². The minimum atomic E-state index is 0.590. The van der Waals surface area contributed by atoms with Gasteiger partial charge in [0.05, 0.1) is 26.5 Å². The molecule has 1 aromatic heterocycles. The maximum absolute atomic E-state index is 5.39. The van der Waals surface area contributed by atoms with Crippen molar-refractivity contribution < 1.29 is 9.47 Å². The van der Waals surface area contributed by atoms with Gasteiger partial charge >= 0.3 is 0 Å². The molecule has 0 fully saturated rings. The molecule has 0 bridgehead atoms. The minimum Gasteiger partial charge on any atom is -0.493 e. The number of aromatic nitrogens is 1. The van der Waals surface area contributed by atoms with Crippen LogP contribution >= 0.6 is 0 Å². The van der Waals surface area contributed by atoms with Crippen molar-refractivity contribution in [2.75, 3.05) is 27.3 Å². The molecule has 2 aromatic carbocycles. The topological polar surface area (TPSA) is 67.8 Å². The molecule has 0 aliphatic carbocycles. The Hall–Kier alpha value is -3.54. The first-order valence-electron chi connectivity index (χ1n) is 10.5. The zero-order valence-corrected chi connectivity index (χ0v) is 18.4. The van der Waals surface area contributed by atoms with Gasteiger partial charge in [-0.3, -0.25) is 4.98 Å². The highest BCUT2D eigenvalue weighted by molar-refractivity contribution is 5.79. The summed E-state index contributed by atoms with van der Waals surface area (Å²) in [6, 6.07) is 20.3. The predicted octanol–water partition coefficient (Wildman–Crippen LogP) is 4.06. The number of hydrogen-bond donors (Lipinski definition) is 2. The molecule has 1 heterocycles. The van der Waals surface area contributed by atoms with Gasteiger partial charge in [0.15, 0.2) is 17.5 Å². The van der Waals surface area contributed by atoms with Crippen LogP contribution in [-0.4, -0.2) is 38.3 Å². The van der Waals surface area contributed by atoms with E-state index in [0.717, 1.165) is 53.8 Å². The molecule has 3 aromatic rings. The van der Waals surface area contributed by atoms with Crippen molar-refractivity contribution in [3.05, 3.63) is 78.0 Å². The van der Waals surface area contributed by atoms with Gasteiger partial charge in [-0.1, -0.05) is 30.3 Å². The summed E-state index contributed by atoms with van der Waals surface area (Å²) in [5, 5.41) is 6.71. The number of hydrogen-bond acceptors (Lipinski definition) is 4. The Morgan fingerprint density at radius 3 is 2.52 bits per heavy atom. The maximum Gasteiger partial charge on any atom is 0.191 e. The van der Waals surface area contributed by atoms with Gasteiger partial charge in [0.2, 0.25) is 0 Å². The Labute approximate surface area is 184 Å². The fourth-order valence-corrected chi connectivity index (χ4v) is 3.24. The summed E-state index contributed by atoms with van der Waals surface area (Å²) >= 11 is 0. The third-order valence-corrected chi connectivity index (χ3v) is 4.81. The van der Waals surface area contributed by atoms with E-state index in [-0.39, 0.29) is 0 Å². The highest BCUT2D eigenvalue weighted by Gasteiger charge is 2.05. The summed E-state index contributed by atoms with van der Waals surface area (Å²) in [7, 11) is 3.29. The molecule has 0 saturated heterocycles. The third-order valence-electron chi connectivity index (χ3n) is 4.81. The van der Waals surface area contributed by atoms with Crippen molar-refractivity contribution in [2.24, 2.45) is 4.99 Å². The number of ether oxygens (including phenoxy) is 2. The van der Waals surface area contributed by atoms with Crippen molar-refractivity contribution in [3.63, 3.8) is 0 Å². The quantitative estimate of drug-likeness (QED) is 0.405. The van der Waals surface area contributed by atoms with Crippen LogP contribution in [0.2, 0.25) is 0 Å². The van der Waals surface area contributed by atoms with E-state index in [0.29, 0.717) is 6.54 Å². The lowest BCUT2D eigenvalue weighted by molar-refractivity contribution is 0.354. The minimum absolute atomic E-state index is 0.590. The van der Waals surface area contributed by atoms with Crippen LogP contribution in [0.3, 0.4) is 0 Å². The molecule has 0 atom stereocenters. The van der Waals surface area contributed by atoms with Crippen LogP contribution in [0, 0.1) is 0 Å². The second-order valence-electron chi connectivity index (χ2n) is 6.98. The van der Waals surface area contributed by atoms with E-state index in [9.17, 15) is 0 Å². The highest BCUT2D eigenvalue weighted by atomic mass is 16.5. The number of nitrogens with zero attached hydrogens (tertiary/aromatic N) is 2. The molecule has 0 unspecified atom stereocenters. The van der Waals surface area contributed by atoms with E-state index in [1.54, 1.807) is 14.2 Å². The molecule has 2 N–H and O–H groups in total. The molecule has 6 nitrogen and oxygen atoms in total. The standard InChI is InChI=1S/C25H30N4O2/c1-4-26-25(28-15-13-19-11-12-23(30-2)24(17-19)31-3)29-18-20-8-7-9-21(16-20)22-10-5-6-14-27-22/h5-12,14,16-17H,4,13,15,18H2,1-3H3,(H2,26,28,29). The highest BCUT2D eigenvalue weighted by Crippen LogP contribution is 2.27. The van der Waals surface area contributed by atoms with Crippen LogP contribution in [-0.2, 0) is 13.0 Å². The smallest absolute Gasteiger partial charge is 0.191 e. The lowest BCUT2D eigenvalue weighted by Crippen LogP contribution is -2.38. The molecule has 0 aliphatic rings. The second-order valence-corrected chi connectivity index (χ2v) is 6.98. The van der Waals surface area contributed by atoms with E-state index < -0.39 is 0 Å². The summed E-state index contributed by atoms with van der Waals surface area (Å²) in [5.74, 6) is 2.28. The Morgan fingerprint density at radius 2 is 1.77 bits per heavy atom. The number of nitrogens with one attached hydrogen (secondary N) is 2. The predicted molar refractivity (Wildman–Crippen MR) is 126 cm³/mol. The first-order valence-corrected chi connectivity index (χ1v) is 10.5. The fraction of sp³-hybridized carbons (Fsp3) is 0.280. The zero-order chi connectivity index (χ0) is 21.9. The van der Waals surface area contributed by atoms with Gasteiger partial charge in [0.25, 0.3) is 0 Å². The van der Waals surface area contributed by atoms with E-state index in [2.05, 4.69) is 46.8 Å². The normalized spacial score (nSPS) is 11.1. The van der Waals surface area contributed by atoms with E-state index in [1.807, 2.05) is 42.6 Å². The monoisotopic (exact) mass is 418 g/mol. The molecule has 0 spiro atoms. The molecular weight excluding hydrogens is 388 g/mol. The molecule has 6 heteroatoms. The van der Waals surface area contributed by atoms with Gasteiger partial charge in [-0.05, 0) is 54.8 Å². The van der Waals surface area contributed by atoms with Gasteiger partial charge < -0.3 is 20.1 Å². The lowest BCUT2D eigenvalue weighted by Gasteiger charge is -2.13. The summed E-state index contributed by atoms with van der Waals surface area (Å²) < 4.78 is 10.7. The summed E-state index contributed by atoms with van der Waals surface area (Å²) in [6.07, 6.45) is 2.66. The Bertz CT molecular complexity index is 990. The molecular formula is C25H30N4O2. The van der Waals surface area contributed by atoms with Crippen molar-refractivity contribution in [1.29, 1.82) is 0 Å². The number of benzene rings is 2. The third kappa shape index (κ3) is 6.47. The van der Waals surface area contributed by atoms with Crippen LogP contribution in [0.15, 0.2) is 71.9 Å². The van der Waals surface area contributed by atoms with Gasteiger partial charge in [0, 0.05) is 24.8 Å². The summed E-state index contributed by atoms with van der Waals surface area (Å²) in [6.45, 7) is 4.21. The molecule has 0 saturated carbocycles. The van der Waals surface area contributed by atoms with Crippen molar-refractivity contribution in [3.8, 4) is 22.8 Å². The molecule has 31 heavy (non-hydrogen) atoms. The largest absolute Gasteiger partial charge is 0.493 e. The number of pyridine rings is 1.